The van der Waals surface area contributed by atoms with Gasteiger partial charge in [-0.05, 0) is 44.6 Å². The maximum atomic E-state index is 14.3. The van der Waals surface area contributed by atoms with Crippen molar-refractivity contribution in [2.75, 3.05) is 6.61 Å². The fraction of sp³-hybridized carbons (Fsp3) is 0.550. The predicted molar refractivity (Wildman–Crippen MR) is 92.4 cm³/mol. The number of nitrogens with zero attached hydrogens (tertiary/aromatic N) is 1. The van der Waals surface area contributed by atoms with Crippen molar-refractivity contribution >= 4 is 11.9 Å². The number of esters is 1. The maximum absolute atomic E-state index is 14.3. The van der Waals surface area contributed by atoms with Gasteiger partial charge >= 0.3 is 5.97 Å². The average Bonchev–Trinajstić information content (AvgIpc) is 3.38. The van der Waals surface area contributed by atoms with Crippen molar-refractivity contribution in [2.24, 2.45) is 5.92 Å². The van der Waals surface area contributed by atoms with E-state index in [1.165, 1.54) is 6.07 Å². The molecule has 2 aliphatic rings. The van der Waals surface area contributed by atoms with Crippen LogP contribution in [0.3, 0.4) is 0 Å². The molecule has 5 nitrogen and oxygen atoms in total. The minimum atomic E-state index is -1.03. The molecule has 138 valence electrons. The Balaban J connectivity index is 1.67. The third kappa shape index (κ3) is 3.44. The van der Waals surface area contributed by atoms with Crippen LogP contribution in [0.4, 0.5) is 4.39 Å². The number of halogens is 1. The van der Waals surface area contributed by atoms with Gasteiger partial charge in [-0.15, -0.1) is 0 Å². The summed E-state index contributed by atoms with van der Waals surface area (Å²) in [5, 5.41) is 12.0. The first-order chi connectivity index (χ1) is 12.4. The third-order valence-electron chi connectivity index (χ3n) is 5.60. The Morgan fingerprint density at radius 3 is 2.58 bits per heavy atom. The lowest BCUT2D eigenvalue weighted by atomic mass is 9.78. The van der Waals surface area contributed by atoms with Gasteiger partial charge in [0.2, 0.25) is 0 Å². The van der Waals surface area contributed by atoms with Gasteiger partial charge in [-0.1, -0.05) is 31.0 Å². The smallest absolute Gasteiger partial charge is 0.317 e. The number of rotatable bonds is 6. The van der Waals surface area contributed by atoms with Crippen LogP contribution >= 0.6 is 0 Å². The molecule has 0 radical (unpaired) electrons. The molecule has 0 aliphatic heterocycles. The number of carbonyl (C=O) groups is 2. The van der Waals surface area contributed by atoms with E-state index in [0.717, 1.165) is 25.7 Å². The molecule has 1 amide bonds. The molecule has 1 aromatic rings. The first kappa shape index (κ1) is 18.4. The molecular formula is C20H23FN2O3. The Kier molecular flexibility index (Phi) is 4.99. The van der Waals surface area contributed by atoms with E-state index < -0.39 is 35.3 Å². The summed E-state index contributed by atoms with van der Waals surface area (Å²) >= 11 is 0. The molecule has 0 heterocycles. The topological polar surface area (TPSA) is 79.2 Å². The number of amides is 1. The van der Waals surface area contributed by atoms with Crippen molar-refractivity contribution in [1.29, 1.82) is 5.26 Å². The molecule has 2 aliphatic carbocycles. The summed E-state index contributed by atoms with van der Waals surface area (Å²) in [6, 6.07) is 8.37. The van der Waals surface area contributed by atoms with Gasteiger partial charge in [-0.3, -0.25) is 9.59 Å². The Morgan fingerprint density at radius 2 is 2.00 bits per heavy atom. The Morgan fingerprint density at radius 1 is 1.35 bits per heavy atom. The van der Waals surface area contributed by atoms with Gasteiger partial charge in [0.15, 0.2) is 6.61 Å². The van der Waals surface area contributed by atoms with Gasteiger partial charge < -0.3 is 10.1 Å². The number of hydrogen-bond donors (Lipinski definition) is 1. The van der Waals surface area contributed by atoms with Crippen LogP contribution in [-0.2, 0) is 19.7 Å². The zero-order valence-electron chi connectivity index (χ0n) is 14.9. The second kappa shape index (κ2) is 7.06. The lowest BCUT2D eigenvalue weighted by Gasteiger charge is -2.28. The van der Waals surface area contributed by atoms with Crippen molar-refractivity contribution in [3.8, 4) is 6.07 Å². The van der Waals surface area contributed by atoms with Crippen molar-refractivity contribution in [3.63, 3.8) is 0 Å². The van der Waals surface area contributed by atoms with Crippen LogP contribution in [0, 0.1) is 23.1 Å². The molecule has 0 spiro atoms. The molecule has 6 heteroatoms. The maximum Gasteiger partial charge on any atom is 0.317 e. The molecule has 0 bridgehead atoms. The van der Waals surface area contributed by atoms with Gasteiger partial charge in [0, 0.05) is 5.56 Å². The van der Waals surface area contributed by atoms with E-state index in [0.29, 0.717) is 18.4 Å². The SMILES string of the molecule is C[C@@](C#N)(NC(=O)COC(=O)C1(c2ccccc2F)CCCC1)C1CC1. The molecule has 26 heavy (non-hydrogen) atoms. The van der Waals surface area contributed by atoms with Gasteiger partial charge in [0.05, 0.1) is 11.5 Å². The Hall–Kier alpha value is -2.42. The summed E-state index contributed by atoms with van der Waals surface area (Å²) < 4.78 is 19.6. The van der Waals surface area contributed by atoms with Crippen LogP contribution in [-0.4, -0.2) is 24.0 Å². The number of nitrogens with one attached hydrogen (secondary N) is 1. The summed E-state index contributed by atoms with van der Waals surface area (Å²) in [7, 11) is 0. The predicted octanol–water partition coefficient (Wildman–Crippen LogP) is 2.99. The van der Waals surface area contributed by atoms with E-state index in [1.54, 1.807) is 25.1 Å². The lowest BCUT2D eigenvalue weighted by molar-refractivity contribution is -0.154. The largest absolute Gasteiger partial charge is 0.455 e. The number of benzene rings is 1. The summed E-state index contributed by atoms with van der Waals surface area (Å²) in [6.07, 6.45) is 4.44. The molecule has 2 fully saturated rings. The van der Waals surface area contributed by atoms with E-state index in [1.807, 2.05) is 0 Å². The highest BCUT2D eigenvalue weighted by Crippen LogP contribution is 2.43. The van der Waals surface area contributed by atoms with Crippen LogP contribution in [0.15, 0.2) is 24.3 Å². The summed E-state index contributed by atoms with van der Waals surface area (Å²) in [4.78, 5) is 24.9. The molecule has 0 unspecified atom stereocenters. The van der Waals surface area contributed by atoms with E-state index in [9.17, 15) is 19.2 Å². The Bertz CT molecular complexity index is 748. The van der Waals surface area contributed by atoms with Crippen LogP contribution in [0.5, 0.6) is 0 Å². The van der Waals surface area contributed by atoms with Crippen LogP contribution in [0.1, 0.15) is 51.0 Å². The standard InChI is InChI=1S/C20H23FN2O3/c1-19(13-22,14-8-9-14)23-17(24)12-26-18(25)20(10-4-5-11-20)15-6-2-3-7-16(15)21/h2-3,6-7,14H,4-5,8-12H2,1H3,(H,23,24)/t19-/m0/s1. The summed E-state index contributed by atoms with van der Waals surface area (Å²) in [5.41, 5.74) is -1.62. The average molecular weight is 358 g/mol. The molecule has 1 N–H and O–H groups in total. The van der Waals surface area contributed by atoms with Crippen LogP contribution in [0.25, 0.3) is 0 Å². The van der Waals surface area contributed by atoms with Crippen molar-refractivity contribution in [1.82, 2.24) is 5.32 Å². The summed E-state index contributed by atoms with van der Waals surface area (Å²) in [5.74, 6) is -1.36. The number of ether oxygens (including phenoxy) is 1. The van der Waals surface area contributed by atoms with E-state index in [-0.39, 0.29) is 5.92 Å². The monoisotopic (exact) mass is 358 g/mol. The highest BCUT2D eigenvalue weighted by Gasteiger charge is 2.46. The quantitative estimate of drug-likeness (QED) is 0.793. The summed E-state index contributed by atoms with van der Waals surface area (Å²) in [6.45, 7) is 1.22. The van der Waals surface area contributed by atoms with Crippen LogP contribution in [0.2, 0.25) is 0 Å². The fourth-order valence-electron chi connectivity index (χ4n) is 3.89. The highest BCUT2D eigenvalue weighted by molar-refractivity contribution is 5.87. The molecule has 1 aromatic carbocycles. The van der Waals surface area contributed by atoms with Gasteiger partial charge in [0.25, 0.3) is 5.91 Å². The molecular weight excluding hydrogens is 335 g/mol. The Labute approximate surface area is 152 Å². The number of hydrogen-bond acceptors (Lipinski definition) is 4. The van der Waals surface area contributed by atoms with Gasteiger partial charge in [0.1, 0.15) is 11.4 Å². The molecule has 1 atom stereocenters. The number of carbonyl (C=O) groups excluding carboxylic acids is 2. The molecule has 2 saturated carbocycles. The molecule has 0 aromatic heterocycles. The normalized spacial score (nSPS) is 20.7. The first-order valence-corrected chi connectivity index (χ1v) is 9.06. The van der Waals surface area contributed by atoms with Crippen molar-refractivity contribution in [3.05, 3.63) is 35.6 Å². The van der Waals surface area contributed by atoms with E-state index >= 15 is 0 Å². The molecule has 0 saturated heterocycles. The van der Waals surface area contributed by atoms with E-state index in [2.05, 4.69) is 11.4 Å². The molecule has 3 rings (SSSR count). The minimum absolute atomic E-state index is 0.145. The highest BCUT2D eigenvalue weighted by atomic mass is 19.1. The number of nitriles is 1. The fourth-order valence-corrected chi connectivity index (χ4v) is 3.89. The first-order valence-electron chi connectivity index (χ1n) is 9.06. The van der Waals surface area contributed by atoms with Gasteiger partial charge in [-0.25, -0.2) is 4.39 Å². The second-order valence-electron chi connectivity index (χ2n) is 7.48. The third-order valence-corrected chi connectivity index (χ3v) is 5.60. The minimum Gasteiger partial charge on any atom is -0.455 e. The zero-order valence-corrected chi connectivity index (χ0v) is 14.9. The van der Waals surface area contributed by atoms with Gasteiger partial charge in [-0.2, -0.15) is 5.26 Å². The van der Waals surface area contributed by atoms with Crippen molar-refractivity contribution in [2.45, 2.75) is 56.4 Å². The van der Waals surface area contributed by atoms with Crippen LogP contribution < -0.4 is 5.32 Å². The zero-order chi connectivity index (χ0) is 18.8. The second-order valence-corrected chi connectivity index (χ2v) is 7.48. The van der Waals surface area contributed by atoms with Crippen molar-refractivity contribution < 1.29 is 18.7 Å². The van der Waals surface area contributed by atoms with E-state index in [4.69, 9.17) is 4.74 Å². The lowest BCUT2D eigenvalue weighted by Crippen LogP contribution is -2.48.